The summed E-state index contributed by atoms with van der Waals surface area (Å²) in [5.41, 5.74) is 0.525. The number of halogens is 2. The van der Waals surface area contributed by atoms with Crippen LogP contribution in [0.25, 0.3) is 0 Å². The number of rotatable bonds is 5. The number of carbonyl (C=O) groups excluding carboxylic acids is 1. The molecule has 1 N–H and O–H groups in total. The predicted molar refractivity (Wildman–Crippen MR) is 86.4 cm³/mol. The molecule has 2 rings (SSSR count). The van der Waals surface area contributed by atoms with Crippen molar-refractivity contribution in [3.63, 3.8) is 0 Å². The first kappa shape index (κ1) is 15.8. The van der Waals surface area contributed by atoms with Crippen molar-refractivity contribution in [1.29, 1.82) is 0 Å². The Labute approximate surface area is 133 Å². The lowest BCUT2D eigenvalue weighted by molar-refractivity contribution is 0.0937. The van der Waals surface area contributed by atoms with Gasteiger partial charge in [-0.25, -0.2) is 0 Å². The predicted octanol–water partition coefficient (Wildman–Crippen LogP) is 3.71. The summed E-state index contributed by atoms with van der Waals surface area (Å²) >= 11 is 9.44. The first-order chi connectivity index (χ1) is 9.61. The summed E-state index contributed by atoms with van der Waals surface area (Å²) < 4.78 is 0.860. The van der Waals surface area contributed by atoms with E-state index < -0.39 is 0 Å². The molecule has 0 radical (unpaired) electrons. The molecule has 1 aliphatic heterocycles. The smallest absolute Gasteiger partial charge is 0.252 e. The average Bonchev–Trinajstić information content (AvgIpc) is 2.96. The Bertz CT molecular complexity index is 475. The average molecular weight is 360 g/mol. The topological polar surface area (TPSA) is 32.3 Å². The summed E-state index contributed by atoms with van der Waals surface area (Å²) in [5.74, 6) is -0.103. The van der Waals surface area contributed by atoms with Gasteiger partial charge in [0.15, 0.2) is 0 Å². The van der Waals surface area contributed by atoms with E-state index in [0.717, 1.165) is 24.0 Å². The van der Waals surface area contributed by atoms with Gasteiger partial charge in [0.1, 0.15) is 0 Å². The lowest BCUT2D eigenvalue weighted by Crippen LogP contribution is -2.42. The van der Waals surface area contributed by atoms with Gasteiger partial charge < -0.3 is 5.32 Å². The van der Waals surface area contributed by atoms with Gasteiger partial charge in [0.25, 0.3) is 5.91 Å². The summed E-state index contributed by atoms with van der Waals surface area (Å²) in [6.07, 6.45) is 3.58. The molecule has 20 heavy (non-hydrogen) atoms. The first-order valence-electron chi connectivity index (χ1n) is 7.09. The van der Waals surface area contributed by atoms with Crippen LogP contribution in [0.1, 0.15) is 36.5 Å². The molecule has 3 nitrogen and oxygen atoms in total. The molecule has 110 valence electrons. The standard InChI is InChI=1S/C15H20BrClN2O/c1-2-12(19-7-3-4-8-19)10-18-15(20)13-9-11(16)5-6-14(13)17/h5-6,9,12H,2-4,7-8,10H2,1H3,(H,18,20)/t12-/m0/s1. The lowest BCUT2D eigenvalue weighted by Gasteiger charge is -2.26. The van der Waals surface area contributed by atoms with Gasteiger partial charge in [0.05, 0.1) is 10.6 Å². The minimum absolute atomic E-state index is 0.103. The largest absolute Gasteiger partial charge is 0.350 e. The van der Waals surface area contributed by atoms with E-state index >= 15 is 0 Å². The van der Waals surface area contributed by atoms with Crippen molar-refractivity contribution >= 4 is 33.4 Å². The lowest BCUT2D eigenvalue weighted by atomic mass is 10.1. The Kier molecular flexibility index (Phi) is 5.87. The highest BCUT2D eigenvalue weighted by molar-refractivity contribution is 9.10. The summed E-state index contributed by atoms with van der Waals surface area (Å²) in [6, 6.07) is 5.75. The second-order valence-corrected chi connectivity index (χ2v) is 6.46. The molecule has 1 aliphatic rings. The summed E-state index contributed by atoms with van der Waals surface area (Å²) in [6.45, 7) is 5.14. The van der Waals surface area contributed by atoms with Crippen molar-refractivity contribution in [2.75, 3.05) is 19.6 Å². The van der Waals surface area contributed by atoms with Crippen molar-refractivity contribution in [3.05, 3.63) is 33.3 Å². The van der Waals surface area contributed by atoms with Crippen LogP contribution in [0.5, 0.6) is 0 Å². The molecule has 0 aliphatic carbocycles. The fourth-order valence-electron chi connectivity index (χ4n) is 2.62. The molecule has 1 amide bonds. The fraction of sp³-hybridized carbons (Fsp3) is 0.533. The zero-order valence-electron chi connectivity index (χ0n) is 11.7. The summed E-state index contributed by atoms with van der Waals surface area (Å²) in [5, 5.41) is 3.50. The number of likely N-dealkylation sites (tertiary alicyclic amines) is 1. The Morgan fingerprint density at radius 1 is 1.45 bits per heavy atom. The SMILES string of the molecule is CC[C@@H](CNC(=O)c1cc(Br)ccc1Cl)N1CCCC1. The monoisotopic (exact) mass is 358 g/mol. The second-order valence-electron chi connectivity index (χ2n) is 5.14. The van der Waals surface area contributed by atoms with Crippen molar-refractivity contribution in [1.82, 2.24) is 10.2 Å². The van der Waals surface area contributed by atoms with Crippen LogP contribution in [0, 0.1) is 0 Å². The maximum Gasteiger partial charge on any atom is 0.252 e. The van der Waals surface area contributed by atoms with Crippen LogP contribution in [0.2, 0.25) is 5.02 Å². The summed E-state index contributed by atoms with van der Waals surface area (Å²) in [4.78, 5) is 14.7. The van der Waals surface area contributed by atoms with Gasteiger partial charge in [-0.2, -0.15) is 0 Å². The third-order valence-corrected chi connectivity index (χ3v) is 4.62. The van der Waals surface area contributed by atoms with Gasteiger partial charge in [-0.15, -0.1) is 0 Å². The van der Waals surface area contributed by atoms with Gasteiger partial charge in [-0.1, -0.05) is 34.5 Å². The third kappa shape index (κ3) is 3.96. The quantitative estimate of drug-likeness (QED) is 0.869. The molecule has 1 aromatic carbocycles. The maximum atomic E-state index is 12.2. The van der Waals surface area contributed by atoms with E-state index in [9.17, 15) is 4.79 Å². The van der Waals surface area contributed by atoms with Crippen molar-refractivity contribution in [2.45, 2.75) is 32.2 Å². The molecule has 0 bridgehead atoms. The number of hydrogen-bond acceptors (Lipinski definition) is 2. The Hall–Kier alpha value is -0.580. The highest BCUT2D eigenvalue weighted by Gasteiger charge is 2.21. The molecule has 1 saturated heterocycles. The molecule has 1 aromatic rings. The molecule has 0 spiro atoms. The summed E-state index contributed by atoms with van der Waals surface area (Å²) in [7, 11) is 0. The van der Waals surface area contributed by atoms with Crippen LogP contribution in [-0.4, -0.2) is 36.5 Å². The van der Waals surface area contributed by atoms with E-state index in [1.807, 2.05) is 6.07 Å². The molecule has 0 unspecified atom stereocenters. The minimum Gasteiger partial charge on any atom is -0.350 e. The number of amides is 1. The van der Waals surface area contributed by atoms with Gasteiger partial charge >= 0.3 is 0 Å². The van der Waals surface area contributed by atoms with E-state index in [4.69, 9.17) is 11.6 Å². The Morgan fingerprint density at radius 2 is 2.15 bits per heavy atom. The number of hydrogen-bond donors (Lipinski definition) is 1. The second kappa shape index (κ2) is 7.43. The molecular formula is C15H20BrClN2O. The molecule has 1 fully saturated rings. The van der Waals surface area contributed by atoms with Crippen molar-refractivity contribution in [2.24, 2.45) is 0 Å². The molecule has 1 heterocycles. The number of carbonyl (C=O) groups is 1. The zero-order valence-corrected chi connectivity index (χ0v) is 14.0. The molecule has 5 heteroatoms. The first-order valence-corrected chi connectivity index (χ1v) is 8.26. The van der Waals surface area contributed by atoms with E-state index in [1.54, 1.807) is 12.1 Å². The van der Waals surface area contributed by atoms with Crippen LogP contribution in [0.4, 0.5) is 0 Å². The molecule has 0 aromatic heterocycles. The highest BCUT2D eigenvalue weighted by Crippen LogP contribution is 2.21. The van der Waals surface area contributed by atoms with Gasteiger partial charge in [0.2, 0.25) is 0 Å². The van der Waals surface area contributed by atoms with E-state index in [1.165, 1.54) is 12.8 Å². The number of nitrogens with one attached hydrogen (secondary N) is 1. The van der Waals surface area contributed by atoms with Crippen LogP contribution in [0.15, 0.2) is 22.7 Å². The fourth-order valence-corrected chi connectivity index (χ4v) is 3.18. The van der Waals surface area contributed by atoms with Crippen LogP contribution in [-0.2, 0) is 0 Å². The highest BCUT2D eigenvalue weighted by atomic mass is 79.9. The Morgan fingerprint density at radius 3 is 2.80 bits per heavy atom. The van der Waals surface area contributed by atoms with Gasteiger partial charge in [-0.3, -0.25) is 9.69 Å². The third-order valence-electron chi connectivity index (χ3n) is 3.80. The van der Waals surface area contributed by atoms with Crippen molar-refractivity contribution < 1.29 is 4.79 Å². The molecular weight excluding hydrogens is 340 g/mol. The maximum absolute atomic E-state index is 12.2. The minimum atomic E-state index is -0.103. The van der Waals surface area contributed by atoms with Crippen LogP contribution in [0.3, 0.4) is 0 Å². The number of nitrogens with zero attached hydrogens (tertiary/aromatic N) is 1. The van der Waals surface area contributed by atoms with Crippen LogP contribution >= 0.6 is 27.5 Å². The zero-order chi connectivity index (χ0) is 14.5. The van der Waals surface area contributed by atoms with Gasteiger partial charge in [0, 0.05) is 17.1 Å². The van der Waals surface area contributed by atoms with Crippen LogP contribution < -0.4 is 5.32 Å². The number of benzene rings is 1. The van der Waals surface area contributed by atoms with E-state index in [2.05, 4.69) is 33.1 Å². The Balaban J connectivity index is 1.95. The van der Waals surface area contributed by atoms with Crippen molar-refractivity contribution in [3.8, 4) is 0 Å². The molecule has 1 atom stereocenters. The normalized spacial score (nSPS) is 17.1. The van der Waals surface area contributed by atoms with E-state index in [-0.39, 0.29) is 5.91 Å². The van der Waals surface area contributed by atoms with E-state index in [0.29, 0.717) is 23.2 Å². The van der Waals surface area contributed by atoms with Gasteiger partial charge in [-0.05, 0) is 50.6 Å². The molecule has 0 saturated carbocycles.